The van der Waals surface area contributed by atoms with E-state index < -0.39 is 10.0 Å². The van der Waals surface area contributed by atoms with E-state index in [1.165, 1.54) is 11.3 Å². The fourth-order valence-electron chi connectivity index (χ4n) is 1.35. The fraction of sp³-hybridized carbons (Fsp3) is 0.667. The monoisotopic (exact) mass is 248 g/mol. The van der Waals surface area contributed by atoms with Gasteiger partial charge in [-0.3, -0.25) is 0 Å². The SMILES string of the molecule is CCS(=O)(=O)NC(C)c1sc(C)nc1C. The molecule has 0 bridgehead atoms. The van der Waals surface area contributed by atoms with Crippen LogP contribution in [-0.4, -0.2) is 19.2 Å². The molecule has 0 aromatic carbocycles. The van der Waals surface area contributed by atoms with Gasteiger partial charge in [0.2, 0.25) is 10.0 Å². The van der Waals surface area contributed by atoms with Gasteiger partial charge in [-0.1, -0.05) is 0 Å². The van der Waals surface area contributed by atoms with E-state index in [4.69, 9.17) is 0 Å². The molecule has 0 fully saturated rings. The quantitative estimate of drug-likeness (QED) is 0.883. The number of rotatable bonds is 4. The molecule has 6 heteroatoms. The van der Waals surface area contributed by atoms with Crippen molar-refractivity contribution >= 4 is 21.4 Å². The smallest absolute Gasteiger partial charge is 0.211 e. The second kappa shape index (κ2) is 4.59. The zero-order chi connectivity index (χ0) is 11.6. The summed E-state index contributed by atoms with van der Waals surface area (Å²) >= 11 is 1.54. The lowest BCUT2D eigenvalue weighted by atomic mass is 10.2. The molecular formula is C9H16N2O2S2. The lowest BCUT2D eigenvalue weighted by Crippen LogP contribution is -2.28. The van der Waals surface area contributed by atoms with E-state index >= 15 is 0 Å². The van der Waals surface area contributed by atoms with Crippen LogP contribution < -0.4 is 4.72 Å². The maximum atomic E-state index is 11.4. The average Bonchev–Trinajstić information content (AvgIpc) is 2.45. The summed E-state index contributed by atoms with van der Waals surface area (Å²) in [5.41, 5.74) is 0.906. The standard InChI is InChI=1S/C9H16N2O2S2/c1-5-15(12,13)11-7(3)9-6(2)10-8(4)14-9/h7,11H,5H2,1-4H3. The van der Waals surface area contributed by atoms with E-state index in [2.05, 4.69) is 9.71 Å². The molecular weight excluding hydrogens is 232 g/mol. The number of thiazole rings is 1. The number of nitrogens with zero attached hydrogens (tertiary/aromatic N) is 1. The Kier molecular flexibility index (Phi) is 3.86. The van der Waals surface area contributed by atoms with Gasteiger partial charge in [0.15, 0.2) is 0 Å². The van der Waals surface area contributed by atoms with Crippen LogP contribution in [0, 0.1) is 13.8 Å². The second-order valence-corrected chi connectivity index (χ2v) is 6.70. The number of hydrogen-bond acceptors (Lipinski definition) is 4. The van der Waals surface area contributed by atoms with Crippen LogP contribution in [0.3, 0.4) is 0 Å². The van der Waals surface area contributed by atoms with Crippen molar-refractivity contribution in [1.82, 2.24) is 9.71 Å². The Hall–Kier alpha value is -0.460. The summed E-state index contributed by atoms with van der Waals surface area (Å²) in [7, 11) is -3.15. The highest BCUT2D eigenvalue weighted by atomic mass is 32.2. The summed E-state index contributed by atoms with van der Waals surface area (Å²) in [6.07, 6.45) is 0. The van der Waals surface area contributed by atoms with Crippen LogP contribution in [0.15, 0.2) is 0 Å². The molecule has 1 aromatic rings. The minimum absolute atomic E-state index is 0.105. The lowest BCUT2D eigenvalue weighted by Gasteiger charge is -2.11. The number of aromatic nitrogens is 1. The summed E-state index contributed by atoms with van der Waals surface area (Å²) in [5.74, 6) is 0.105. The van der Waals surface area contributed by atoms with Gasteiger partial charge in [-0.05, 0) is 27.7 Å². The molecule has 1 atom stereocenters. The molecule has 1 N–H and O–H groups in total. The third-order valence-corrected chi connectivity index (χ3v) is 4.80. The van der Waals surface area contributed by atoms with Gasteiger partial charge in [0, 0.05) is 4.88 Å². The first-order valence-electron chi connectivity index (χ1n) is 4.79. The Balaban J connectivity index is 2.86. The van der Waals surface area contributed by atoms with Gasteiger partial charge in [-0.2, -0.15) is 0 Å². The Labute approximate surface area is 94.8 Å². The molecule has 0 aliphatic carbocycles. The molecule has 0 saturated carbocycles. The highest BCUT2D eigenvalue weighted by Gasteiger charge is 2.17. The lowest BCUT2D eigenvalue weighted by molar-refractivity contribution is 0.569. The number of hydrogen-bond donors (Lipinski definition) is 1. The third kappa shape index (κ3) is 3.25. The summed E-state index contributed by atoms with van der Waals surface area (Å²) in [6.45, 7) is 7.28. The third-order valence-electron chi connectivity index (χ3n) is 2.07. The van der Waals surface area contributed by atoms with Crippen LogP contribution in [0.2, 0.25) is 0 Å². The van der Waals surface area contributed by atoms with E-state index in [-0.39, 0.29) is 11.8 Å². The molecule has 0 aliphatic rings. The average molecular weight is 248 g/mol. The van der Waals surface area contributed by atoms with Crippen molar-refractivity contribution < 1.29 is 8.42 Å². The van der Waals surface area contributed by atoms with Gasteiger partial charge in [0.1, 0.15) is 0 Å². The minimum atomic E-state index is -3.15. The summed E-state index contributed by atoms with van der Waals surface area (Å²) in [6, 6.07) is -0.193. The van der Waals surface area contributed by atoms with Crippen LogP contribution in [-0.2, 0) is 10.0 Å². The molecule has 1 aromatic heterocycles. The van der Waals surface area contributed by atoms with Crippen molar-refractivity contribution in [2.75, 3.05) is 5.75 Å². The zero-order valence-corrected chi connectivity index (χ0v) is 11.0. The Morgan fingerprint density at radius 2 is 2.07 bits per heavy atom. The van der Waals surface area contributed by atoms with Gasteiger partial charge >= 0.3 is 0 Å². The largest absolute Gasteiger partial charge is 0.247 e. The maximum Gasteiger partial charge on any atom is 0.211 e. The number of sulfonamides is 1. The predicted molar refractivity (Wildman–Crippen MR) is 62.6 cm³/mol. The first kappa shape index (κ1) is 12.6. The van der Waals surface area contributed by atoms with Gasteiger partial charge in [0.25, 0.3) is 0 Å². The van der Waals surface area contributed by atoms with Crippen LogP contribution >= 0.6 is 11.3 Å². The highest BCUT2D eigenvalue weighted by molar-refractivity contribution is 7.89. The minimum Gasteiger partial charge on any atom is -0.247 e. The molecule has 1 unspecified atom stereocenters. The number of nitrogens with one attached hydrogen (secondary N) is 1. The van der Waals surface area contributed by atoms with E-state index in [1.54, 1.807) is 6.92 Å². The maximum absolute atomic E-state index is 11.4. The normalized spacial score (nSPS) is 14.1. The van der Waals surface area contributed by atoms with Gasteiger partial charge in [-0.25, -0.2) is 18.1 Å². The molecule has 0 spiro atoms. The molecule has 1 rings (SSSR count). The van der Waals surface area contributed by atoms with Crippen molar-refractivity contribution in [1.29, 1.82) is 0 Å². The van der Waals surface area contributed by atoms with Gasteiger partial charge in [0.05, 0.1) is 22.5 Å². The first-order valence-corrected chi connectivity index (χ1v) is 7.26. The van der Waals surface area contributed by atoms with E-state index in [1.807, 2.05) is 20.8 Å². The first-order chi connectivity index (χ1) is 6.85. The molecule has 0 aliphatic heterocycles. The van der Waals surface area contributed by atoms with Crippen LogP contribution in [0.1, 0.15) is 35.5 Å². The molecule has 1 heterocycles. The van der Waals surface area contributed by atoms with E-state index in [0.717, 1.165) is 15.6 Å². The molecule has 0 radical (unpaired) electrons. The molecule has 86 valence electrons. The van der Waals surface area contributed by atoms with Crippen LogP contribution in [0.25, 0.3) is 0 Å². The highest BCUT2D eigenvalue weighted by Crippen LogP contribution is 2.24. The van der Waals surface area contributed by atoms with Crippen molar-refractivity contribution in [3.63, 3.8) is 0 Å². The van der Waals surface area contributed by atoms with E-state index in [9.17, 15) is 8.42 Å². The zero-order valence-electron chi connectivity index (χ0n) is 9.36. The fourth-order valence-corrected chi connectivity index (χ4v) is 3.18. The van der Waals surface area contributed by atoms with Crippen LogP contribution in [0.4, 0.5) is 0 Å². The topological polar surface area (TPSA) is 59.1 Å². The van der Waals surface area contributed by atoms with Crippen molar-refractivity contribution in [2.45, 2.75) is 33.7 Å². The van der Waals surface area contributed by atoms with Gasteiger partial charge in [-0.15, -0.1) is 11.3 Å². The summed E-state index contributed by atoms with van der Waals surface area (Å²) in [5, 5.41) is 0.963. The van der Waals surface area contributed by atoms with Crippen molar-refractivity contribution in [3.8, 4) is 0 Å². The van der Waals surface area contributed by atoms with Crippen LogP contribution in [0.5, 0.6) is 0 Å². The van der Waals surface area contributed by atoms with Gasteiger partial charge < -0.3 is 0 Å². The molecule has 15 heavy (non-hydrogen) atoms. The second-order valence-electron chi connectivity index (χ2n) is 3.43. The summed E-state index contributed by atoms with van der Waals surface area (Å²) in [4.78, 5) is 5.26. The Morgan fingerprint density at radius 1 is 1.47 bits per heavy atom. The summed E-state index contributed by atoms with van der Waals surface area (Å²) < 4.78 is 25.4. The van der Waals surface area contributed by atoms with Crippen molar-refractivity contribution in [2.24, 2.45) is 0 Å². The molecule has 4 nitrogen and oxygen atoms in total. The Morgan fingerprint density at radius 3 is 2.47 bits per heavy atom. The number of aryl methyl sites for hydroxylation is 2. The van der Waals surface area contributed by atoms with Crippen molar-refractivity contribution in [3.05, 3.63) is 15.6 Å². The Bertz CT molecular complexity index is 437. The molecule has 0 saturated heterocycles. The van der Waals surface area contributed by atoms with E-state index in [0.29, 0.717) is 0 Å². The predicted octanol–water partition coefficient (Wildman–Crippen LogP) is 1.76. The molecule has 0 amide bonds.